The van der Waals surface area contributed by atoms with Crippen LogP contribution in [0, 0.1) is 0 Å². The molecule has 2 aromatic rings. The fourth-order valence-electron chi connectivity index (χ4n) is 3.50. The predicted molar refractivity (Wildman–Crippen MR) is 120 cm³/mol. The summed E-state index contributed by atoms with van der Waals surface area (Å²) in [5.41, 5.74) is 2.16. The Morgan fingerprint density at radius 3 is 2.44 bits per heavy atom. The number of ether oxygens (including phenoxy) is 2. The summed E-state index contributed by atoms with van der Waals surface area (Å²) in [5.74, 6) is -0.531. The number of hydrogen-bond acceptors (Lipinski definition) is 5. The average molecular weight is 440 g/mol. The van der Waals surface area contributed by atoms with Crippen LogP contribution in [-0.2, 0) is 25.6 Å². The van der Waals surface area contributed by atoms with Crippen LogP contribution < -0.4 is 10.6 Å². The summed E-state index contributed by atoms with van der Waals surface area (Å²) in [4.78, 5) is 39.1. The summed E-state index contributed by atoms with van der Waals surface area (Å²) in [6, 6.07) is 15.5. The van der Waals surface area contributed by atoms with E-state index in [9.17, 15) is 14.4 Å². The van der Waals surface area contributed by atoms with Crippen LogP contribution in [0.2, 0.25) is 0 Å². The number of nitrogens with zero attached hydrogens (tertiary/aromatic N) is 1. The number of benzene rings is 2. The lowest BCUT2D eigenvalue weighted by atomic mass is 10.00. The molecule has 3 atom stereocenters. The van der Waals surface area contributed by atoms with Crippen molar-refractivity contribution in [3.05, 3.63) is 65.7 Å². The van der Waals surface area contributed by atoms with E-state index in [0.29, 0.717) is 11.3 Å². The minimum Gasteiger partial charge on any atom is -0.438 e. The van der Waals surface area contributed by atoms with Crippen LogP contribution in [-0.4, -0.2) is 48.6 Å². The van der Waals surface area contributed by atoms with Gasteiger partial charge in [0.25, 0.3) is 0 Å². The number of anilines is 1. The van der Waals surface area contributed by atoms with E-state index >= 15 is 0 Å². The van der Waals surface area contributed by atoms with Crippen LogP contribution in [0.15, 0.2) is 54.6 Å². The summed E-state index contributed by atoms with van der Waals surface area (Å²) < 4.78 is 10.5. The van der Waals surface area contributed by atoms with E-state index in [4.69, 9.17) is 9.47 Å². The smallest absolute Gasteiger partial charge is 0.411 e. The summed E-state index contributed by atoms with van der Waals surface area (Å²) in [6.45, 7) is 4.12. The molecule has 8 nitrogen and oxygen atoms in total. The van der Waals surface area contributed by atoms with Crippen molar-refractivity contribution in [1.82, 2.24) is 10.2 Å². The second kappa shape index (κ2) is 10.8. The minimum atomic E-state index is -0.814. The molecule has 0 bridgehead atoms. The number of rotatable bonds is 9. The zero-order valence-corrected chi connectivity index (χ0v) is 18.5. The van der Waals surface area contributed by atoms with Gasteiger partial charge in [-0.25, -0.2) is 4.79 Å². The number of nitrogens with one attached hydrogen (secondary N) is 2. The van der Waals surface area contributed by atoms with Gasteiger partial charge in [0, 0.05) is 18.8 Å². The quantitative estimate of drug-likeness (QED) is 0.625. The second-order valence-electron chi connectivity index (χ2n) is 7.78. The Kier molecular flexibility index (Phi) is 7.83. The van der Waals surface area contributed by atoms with Crippen LogP contribution in [0.3, 0.4) is 0 Å². The zero-order valence-electron chi connectivity index (χ0n) is 18.5. The molecule has 0 unspecified atom stereocenters. The number of carbonyl (C=O) groups is 3. The molecule has 3 amide bonds. The van der Waals surface area contributed by atoms with E-state index in [2.05, 4.69) is 10.6 Å². The molecule has 1 aliphatic heterocycles. The van der Waals surface area contributed by atoms with Crippen molar-refractivity contribution in [3.63, 3.8) is 0 Å². The maximum Gasteiger partial charge on any atom is 0.411 e. The Balaban J connectivity index is 1.85. The summed E-state index contributed by atoms with van der Waals surface area (Å²) in [6.07, 6.45) is -0.536. The van der Waals surface area contributed by atoms with Crippen LogP contribution in [0.4, 0.5) is 10.5 Å². The SMILES string of the molecule is CC[C@H](C)NC(=O)[C@@H]1[C@H](c2ccc(NC(=O)COC)cc2)OC(=O)N1Cc1ccccc1. The van der Waals surface area contributed by atoms with Crippen molar-refractivity contribution in [1.29, 1.82) is 0 Å². The zero-order chi connectivity index (χ0) is 23.1. The Morgan fingerprint density at radius 1 is 1.12 bits per heavy atom. The largest absolute Gasteiger partial charge is 0.438 e. The van der Waals surface area contributed by atoms with Gasteiger partial charge in [0.15, 0.2) is 12.1 Å². The molecule has 1 aliphatic rings. The van der Waals surface area contributed by atoms with Crippen LogP contribution >= 0.6 is 0 Å². The topological polar surface area (TPSA) is 97.0 Å². The van der Waals surface area contributed by atoms with Crippen LogP contribution in [0.25, 0.3) is 0 Å². The molecule has 3 rings (SSSR count). The molecule has 2 N–H and O–H groups in total. The molecule has 0 saturated carbocycles. The monoisotopic (exact) mass is 439 g/mol. The van der Waals surface area contributed by atoms with Crippen molar-refractivity contribution in [3.8, 4) is 0 Å². The van der Waals surface area contributed by atoms with Gasteiger partial charge in [0.1, 0.15) is 6.61 Å². The minimum absolute atomic E-state index is 0.0317. The van der Waals surface area contributed by atoms with Crippen LogP contribution in [0.5, 0.6) is 0 Å². The molecule has 1 fully saturated rings. The molecular weight excluding hydrogens is 410 g/mol. The highest BCUT2D eigenvalue weighted by atomic mass is 16.6. The second-order valence-corrected chi connectivity index (χ2v) is 7.78. The van der Waals surface area contributed by atoms with Gasteiger partial charge in [-0.15, -0.1) is 0 Å². The van der Waals surface area contributed by atoms with E-state index in [-0.39, 0.29) is 31.0 Å². The highest BCUT2D eigenvalue weighted by Gasteiger charge is 2.47. The van der Waals surface area contributed by atoms with Gasteiger partial charge >= 0.3 is 6.09 Å². The first-order chi connectivity index (χ1) is 15.4. The normalized spacial score (nSPS) is 18.7. The van der Waals surface area contributed by atoms with Gasteiger partial charge in [-0.2, -0.15) is 0 Å². The van der Waals surface area contributed by atoms with E-state index in [1.54, 1.807) is 24.3 Å². The van der Waals surface area contributed by atoms with Gasteiger partial charge < -0.3 is 20.1 Å². The van der Waals surface area contributed by atoms with Gasteiger partial charge in [-0.1, -0.05) is 49.4 Å². The van der Waals surface area contributed by atoms with Gasteiger partial charge in [-0.05, 0) is 36.6 Å². The Bertz CT molecular complexity index is 932. The molecule has 0 spiro atoms. The number of amides is 3. The number of carbonyl (C=O) groups excluding carboxylic acids is 3. The fraction of sp³-hybridized carbons (Fsp3) is 0.375. The average Bonchev–Trinajstić information content (AvgIpc) is 3.11. The first-order valence-corrected chi connectivity index (χ1v) is 10.6. The molecule has 0 aliphatic carbocycles. The molecular formula is C24H29N3O5. The van der Waals surface area contributed by atoms with Crippen molar-refractivity contribution < 1.29 is 23.9 Å². The number of methoxy groups -OCH3 is 1. The fourth-order valence-corrected chi connectivity index (χ4v) is 3.50. The third-order valence-corrected chi connectivity index (χ3v) is 5.35. The highest BCUT2D eigenvalue weighted by Crippen LogP contribution is 2.34. The van der Waals surface area contributed by atoms with Gasteiger partial charge in [0.05, 0.1) is 6.54 Å². The van der Waals surface area contributed by atoms with E-state index < -0.39 is 18.2 Å². The molecule has 32 heavy (non-hydrogen) atoms. The van der Waals surface area contributed by atoms with E-state index in [1.165, 1.54) is 12.0 Å². The predicted octanol–water partition coefficient (Wildman–Crippen LogP) is 3.25. The molecule has 8 heteroatoms. The van der Waals surface area contributed by atoms with Crippen molar-refractivity contribution >= 4 is 23.6 Å². The van der Waals surface area contributed by atoms with Crippen molar-refractivity contribution in [2.45, 2.75) is 45.0 Å². The number of cyclic esters (lactones) is 1. The Hall–Kier alpha value is -3.39. The molecule has 1 saturated heterocycles. The van der Waals surface area contributed by atoms with E-state index in [1.807, 2.05) is 44.2 Å². The lowest BCUT2D eigenvalue weighted by Crippen LogP contribution is -2.48. The Morgan fingerprint density at radius 2 is 1.81 bits per heavy atom. The molecule has 170 valence electrons. The van der Waals surface area contributed by atoms with Gasteiger partial charge in [0.2, 0.25) is 11.8 Å². The van der Waals surface area contributed by atoms with Crippen molar-refractivity contribution in [2.24, 2.45) is 0 Å². The molecule has 0 aromatic heterocycles. The van der Waals surface area contributed by atoms with Gasteiger partial charge in [-0.3, -0.25) is 14.5 Å². The third kappa shape index (κ3) is 5.64. The lowest BCUT2D eigenvalue weighted by Gasteiger charge is -2.25. The third-order valence-electron chi connectivity index (χ3n) is 5.35. The Labute approximate surface area is 187 Å². The summed E-state index contributed by atoms with van der Waals surface area (Å²) in [5, 5.41) is 5.69. The van der Waals surface area contributed by atoms with Crippen LogP contribution in [0.1, 0.15) is 37.5 Å². The first-order valence-electron chi connectivity index (χ1n) is 10.6. The standard InChI is InChI=1S/C24H29N3O5/c1-4-16(2)25-23(29)21-22(18-10-12-19(13-11-18)26-20(28)15-31-3)32-24(30)27(21)14-17-8-6-5-7-9-17/h5-13,16,21-22H,4,14-15H2,1-3H3,(H,25,29)(H,26,28)/t16-,21-,22-/m0/s1. The maximum absolute atomic E-state index is 13.2. The van der Waals surface area contributed by atoms with Crippen molar-refractivity contribution in [2.75, 3.05) is 19.0 Å². The lowest BCUT2D eigenvalue weighted by molar-refractivity contribution is -0.127. The first kappa shape index (κ1) is 23.3. The van der Waals surface area contributed by atoms with E-state index in [0.717, 1.165) is 12.0 Å². The molecule has 2 aromatic carbocycles. The summed E-state index contributed by atoms with van der Waals surface area (Å²) in [7, 11) is 1.45. The highest BCUT2D eigenvalue weighted by molar-refractivity contribution is 5.92. The molecule has 1 heterocycles. The maximum atomic E-state index is 13.2. The number of hydrogen-bond donors (Lipinski definition) is 2. The summed E-state index contributed by atoms with van der Waals surface area (Å²) >= 11 is 0. The molecule has 0 radical (unpaired) electrons.